The molecule has 0 unspecified atom stereocenters. The van der Waals surface area contributed by atoms with Crippen LogP contribution in [-0.4, -0.2) is 10.1 Å². The third-order valence-corrected chi connectivity index (χ3v) is 3.41. The van der Waals surface area contributed by atoms with Gasteiger partial charge >= 0.3 is 0 Å². The summed E-state index contributed by atoms with van der Waals surface area (Å²) in [7, 11) is 0. The van der Waals surface area contributed by atoms with E-state index in [-0.39, 0.29) is 5.19 Å². The number of aromatic nitrogens is 1. The minimum absolute atomic E-state index is 0.171. The van der Waals surface area contributed by atoms with E-state index in [1.54, 1.807) is 0 Å². The van der Waals surface area contributed by atoms with Crippen molar-refractivity contribution in [3.63, 3.8) is 0 Å². The first-order valence-corrected chi connectivity index (χ1v) is 6.37. The Morgan fingerprint density at radius 1 is 1.25 bits per heavy atom. The van der Waals surface area contributed by atoms with Crippen molar-refractivity contribution in [2.75, 3.05) is 0 Å². The van der Waals surface area contributed by atoms with Crippen LogP contribution in [0.4, 0.5) is 0 Å². The second kappa shape index (κ2) is 5.12. The predicted octanol–water partition coefficient (Wildman–Crippen LogP) is 3.86. The van der Waals surface area contributed by atoms with Gasteiger partial charge in [-0.2, -0.15) is 0 Å². The Bertz CT molecular complexity index is 450. The molecule has 0 aliphatic heterocycles. The number of nitrogens with zero attached hydrogens (tertiary/aromatic N) is 1. The van der Waals surface area contributed by atoms with Gasteiger partial charge in [-0.25, -0.2) is 4.98 Å². The molecule has 16 heavy (non-hydrogen) atoms. The molecule has 1 heterocycles. The van der Waals surface area contributed by atoms with Crippen molar-refractivity contribution in [3.8, 4) is 16.5 Å². The van der Waals surface area contributed by atoms with Gasteiger partial charge in [0, 0.05) is 10.4 Å². The third kappa shape index (κ3) is 2.42. The highest BCUT2D eigenvalue weighted by molar-refractivity contribution is 7.13. The van der Waals surface area contributed by atoms with Crippen molar-refractivity contribution in [3.05, 3.63) is 35.2 Å². The van der Waals surface area contributed by atoms with E-state index in [1.165, 1.54) is 16.2 Å². The lowest BCUT2D eigenvalue weighted by Gasteiger charge is -2.00. The van der Waals surface area contributed by atoms with E-state index in [0.29, 0.717) is 0 Å². The molecule has 2 rings (SSSR count). The van der Waals surface area contributed by atoms with E-state index in [1.807, 2.05) is 30.3 Å². The van der Waals surface area contributed by atoms with Crippen LogP contribution in [-0.2, 0) is 6.42 Å². The van der Waals surface area contributed by atoms with E-state index < -0.39 is 0 Å². The lowest BCUT2D eigenvalue weighted by Crippen LogP contribution is -1.85. The van der Waals surface area contributed by atoms with Crippen molar-refractivity contribution >= 4 is 11.3 Å². The first kappa shape index (κ1) is 11.1. The lowest BCUT2D eigenvalue weighted by atomic mass is 10.1. The average Bonchev–Trinajstić information content (AvgIpc) is 2.69. The fraction of sp³-hybridized carbons (Fsp3) is 0.308. The summed E-state index contributed by atoms with van der Waals surface area (Å²) in [6, 6.07) is 10.0. The average molecular weight is 233 g/mol. The molecule has 0 aliphatic rings. The molecule has 0 amide bonds. The molecule has 2 aromatic rings. The third-order valence-electron chi connectivity index (χ3n) is 2.49. The SMILES string of the molecule is CCCCc1sc(O)nc1-c1ccccc1. The quantitative estimate of drug-likeness (QED) is 0.870. The van der Waals surface area contributed by atoms with Crippen LogP contribution in [0, 0.1) is 0 Å². The second-order valence-electron chi connectivity index (χ2n) is 3.74. The summed E-state index contributed by atoms with van der Waals surface area (Å²) in [6.45, 7) is 2.17. The molecule has 3 heteroatoms. The minimum atomic E-state index is 0.171. The van der Waals surface area contributed by atoms with Crippen LogP contribution in [0.2, 0.25) is 0 Å². The molecular formula is C13H15NOS. The highest BCUT2D eigenvalue weighted by Gasteiger charge is 2.11. The monoisotopic (exact) mass is 233 g/mol. The largest absolute Gasteiger partial charge is 0.486 e. The summed E-state index contributed by atoms with van der Waals surface area (Å²) in [5.41, 5.74) is 2.03. The molecule has 0 spiro atoms. The molecule has 1 N–H and O–H groups in total. The Morgan fingerprint density at radius 2 is 2.00 bits per heavy atom. The number of aryl methyl sites for hydroxylation is 1. The van der Waals surface area contributed by atoms with Crippen LogP contribution in [0.15, 0.2) is 30.3 Å². The van der Waals surface area contributed by atoms with Gasteiger partial charge in [0.1, 0.15) is 0 Å². The van der Waals surface area contributed by atoms with Gasteiger partial charge < -0.3 is 5.11 Å². The van der Waals surface area contributed by atoms with Crippen LogP contribution >= 0.6 is 11.3 Å². The Morgan fingerprint density at radius 3 is 2.69 bits per heavy atom. The molecule has 0 saturated carbocycles. The van der Waals surface area contributed by atoms with Crippen molar-refractivity contribution in [2.24, 2.45) is 0 Å². The standard InChI is InChI=1S/C13H15NOS/c1-2-3-9-11-12(14-13(15)16-11)10-7-5-4-6-8-10/h4-8H,2-3,9H2,1H3,(H,14,15). The maximum atomic E-state index is 9.50. The maximum Gasteiger partial charge on any atom is 0.271 e. The van der Waals surface area contributed by atoms with Crippen molar-refractivity contribution in [1.29, 1.82) is 0 Å². The zero-order chi connectivity index (χ0) is 11.4. The Hall–Kier alpha value is -1.35. The summed E-state index contributed by atoms with van der Waals surface area (Å²) in [6.07, 6.45) is 3.30. The van der Waals surface area contributed by atoms with E-state index in [0.717, 1.165) is 30.5 Å². The second-order valence-corrected chi connectivity index (χ2v) is 4.80. The van der Waals surface area contributed by atoms with Gasteiger partial charge in [0.25, 0.3) is 5.19 Å². The van der Waals surface area contributed by atoms with E-state index in [2.05, 4.69) is 11.9 Å². The summed E-state index contributed by atoms with van der Waals surface area (Å²) >= 11 is 1.39. The summed E-state index contributed by atoms with van der Waals surface area (Å²) < 4.78 is 0. The molecule has 1 aromatic carbocycles. The zero-order valence-corrected chi connectivity index (χ0v) is 10.1. The zero-order valence-electron chi connectivity index (χ0n) is 9.31. The van der Waals surface area contributed by atoms with Crippen molar-refractivity contribution < 1.29 is 5.11 Å². The van der Waals surface area contributed by atoms with Crippen LogP contribution in [0.25, 0.3) is 11.3 Å². The number of hydrogen-bond donors (Lipinski definition) is 1. The van der Waals surface area contributed by atoms with Crippen LogP contribution in [0.3, 0.4) is 0 Å². The van der Waals surface area contributed by atoms with Crippen LogP contribution < -0.4 is 0 Å². The molecule has 0 radical (unpaired) electrons. The van der Waals surface area contributed by atoms with Crippen molar-refractivity contribution in [2.45, 2.75) is 26.2 Å². The number of thiazole rings is 1. The van der Waals surface area contributed by atoms with E-state index in [9.17, 15) is 5.11 Å². The van der Waals surface area contributed by atoms with E-state index >= 15 is 0 Å². The van der Waals surface area contributed by atoms with E-state index in [4.69, 9.17) is 0 Å². The first-order valence-electron chi connectivity index (χ1n) is 5.55. The van der Waals surface area contributed by atoms with Gasteiger partial charge in [-0.05, 0) is 12.8 Å². The predicted molar refractivity (Wildman–Crippen MR) is 67.8 cm³/mol. The summed E-state index contributed by atoms with van der Waals surface area (Å²) in [5.74, 6) is 0. The number of hydrogen-bond acceptors (Lipinski definition) is 3. The lowest BCUT2D eigenvalue weighted by molar-refractivity contribution is 0.471. The Balaban J connectivity index is 2.33. The van der Waals surface area contributed by atoms with Crippen LogP contribution in [0.5, 0.6) is 5.19 Å². The number of rotatable bonds is 4. The fourth-order valence-corrected chi connectivity index (χ4v) is 2.53. The van der Waals surface area contributed by atoms with Gasteiger partial charge in [-0.15, -0.1) is 0 Å². The molecule has 0 aliphatic carbocycles. The normalized spacial score (nSPS) is 10.6. The van der Waals surface area contributed by atoms with Gasteiger partial charge in [0.15, 0.2) is 0 Å². The smallest absolute Gasteiger partial charge is 0.271 e. The highest BCUT2D eigenvalue weighted by Crippen LogP contribution is 2.32. The molecule has 0 fully saturated rings. The Kier molecular flexibility index (Phi) is 3.57. The number of aromatic hydroxyl groups is 1. The number of unbranched alkanes of at least 4 members (excludes halogenated alkanes) is 1. The molecule has 2 nitrogen and oxygen atoms in total. The van der Waals surface area contributed by atoms with Crippen LogP contribution in [0.1, 0.15) is 24.6 Å². The topological polar surface area (TPSA) is 33.1 Å². The highest BCUT2D eigenvalue weighted by atomic mass is 32.1. The first-order chi connectivity index (χ1) is 7.81. The summed E-state index contributed by atoms with van der Waals surface area (Å²) in [5, 5.41) is 9.67. The fourth-order valence-electron chi connectivity index (χ4n) is 1.67. The Labute approximate surface area is 99.6 Å². The molecule has 0 bridgehead atoms. The molecule has 1 aromatic heterocycles. The van der Waals surface area contributed by atoms with Crippen molar-refractivity contribution in [1.82, 2.24) is 4.98 Å². The molecular weight excluding hydrogens is 218 g/mol. The van der Waals surface area contributed by atoms with Gasteiger partial charge in [0.2, 0.25) is 0 Å². The molecule has 0 saturated heterocycles. The maximum absolute atomic E-state index is 9.50. The minimum Gasteiger partial charge on any atom is -0.486 e. The summed E-state index contributed by atoms with van der Waals surface area (Å²) in [4.78, 5) is 5.39. The van der Waals surface area contributed by atoms with Gasteiger partial charge in [0.05, 0.1) is 5.69 Å². The number of benzene rings is 1. The van der Waals surface area contributed by atoms with Gasteiger partial charge in [-0.1, -0.05) is 55.0 Å². The molecule has 84 valence electrons. The molecule has 0 atom stereocenters. The van der Waals surface area contributed by atoms with Gasteiger partial charge in [-0.3, -0.25) is 0 Å².